The minimum atomic E-state index is -4.40. The molecule has 2 aromatic rings. The van der Waals surface area contributed by atoms with Crippen LogP contribution < -0.4 is 10.1 Å². The largest absolute Gasteiger partial charge is 0.468 e. The van der Waals surface area contributed by atoms with E-state index in [0.29, 0.717) is 5.56 Å². The predicted molar refractivity (Wildman–Crippen MR) is 89.6 cm³/mol. The molecule has 0 bridgehead atoms. The molecule has 0 saturated heterocycles. The van der Waals surface area contributed by atoms with Crippen LogP contribution in [0.15, 0.2) is 48.7 Å². The number of nitrogens with one attached hydrogen (secondary N) is 1. The normalized spacial score (nSPS) is 20.3. The number of carbonyl (C=O) groups excluding carboxylic acids is 1. The Morgan fingerprint density at radius 3 is 2.62 bits per heavy atom. The zero-order chi connectivity index (χ0) is 18.7. The lowest BCUT2D eigenvalue weighted by Gasteiger charge is -2.15. The second-order valence-electron chi connectivity index (χ2n) is 6.42. The second kappa shape index (κ2) is 7.35. The Morgan fingerprint density at radius 2 is 2.00 bits per heavy atom. The number of benzene rings is 1. The molecule has 0 radical (unpaired) electrons. The monoisotopic (exact) mass is 364 g/mol. The van der Waals surface area contributed by atoms with Gasteiger partial charge in [-0.2, -0.15) is 13.2 Å². The predicted octanol–water partition coefficient (Wildman–Crippen LogP) is 4.00. The summed E-state index contributed by atoms with van der Waals surface area (Å²) < 4.78 is 41.0. The number of aromatic nitrogens is 1. The lowest BCUT2D eigenvalue weighted by atomic mass is 10.1. The quantitative estimate of drug-likeness (QED) is 0.843. The third-order valence-corrected chi connectivity index (χ3v) is 4.36. The smallest absolute Gasteiger partial charge is 0.422 e. The van der Waals surface area contributed by atoms with E-state index in [0.717, 1.165) is 12.0 Å². The van der Waals surface area contributed by atoms with Gasteiger partial charge in [0, 0.05) is 18.2 Å². The molecule has 1 amide bonds. The summed E-state index contributed by atoms with van der Waals surface area (Å²) in [6.07, 6.45) is -2.16. The fourth-order valence-electron chi connectivity index (χ4n) is 2.85. The fourth-order valence-corrected chi connectivity index (χ4v) is 2.85. The van der Waals surface area contributed by atoms with Gasteiger partial charge < -0.3 is 10.1 Å². The number of pyridine rings is 1. The van der Waals surface area contributed by atoms with Crippen LogP contribution in [0.5, 0.6) is 5.88 Å². The second-order valence-corrected chi connectivity index (χ2v) is 6.42. The highest BCUT2D eigenvalue weighted by atomic mass is 19.4. The molecular weight excluding hydrogens is 345 g/mol. The van der Waals surface area contributed by atoms with Crippen LogP contribution >= 0.6 is 0 Å². The van der Waals surface area contributed by atoms with Gasteiger partial charge in [0.05, 0.1) is 6.04 Å². The summed E-state index contributed by atoms with van der Waals surface area (Å²) in [6, 6.07) is 12.6. The molecule has 26 heavy (non-hydrogen) atoms. The van der Waals surface area contributed by atoms with Crippen molar-refractivity contribution in [2.45, 2.75) is 31.5 Å². The Morgan fingerprint density at radius 1 is 1.27 bits per heavy atom. The average molecular weight is 364 g/mol. The van der Waals surface area contributed by atoms with E-state index in [2.05, 4.69) is 15.0 Å². The molecule has 3 atom stereocenters. The Bertz CT molecular complexity index is 748. The molecule has 3 rings (SSSR count). The van der Waals surface area contributed by atoms with Gasteiger partial charge in [0.2, 0.25) is 11.8 Å². The van der Waals surface area contributed by atoms with E-state index in [9.17, 15) is 18.0 Å². The summed E-state index contributed by atoms with van der Waals surface area (Å²) in [5.41, 5.74) is 1.86. The SMILES string of the molecule is CC(NC(=O)C1CC1c1ccccc1)c1ccc(OCC(F)(F)F)nc1. The first-order chi connectivity index (χ1) is 12.3. The van der Waals surface area contributed by atoms with Gasteiger partial charge >= 0.3 is 6.18 Å². The van der Waals surface area contributed by atoms with Crippen molar-refractivity contribution in [3.05, 3.63) is 59.8 Å². The minimum Gasteiger partial charge on any atom is -0.468 e. The number of hydrogen-bond acceptors (Lipinski definition) is 3. The summed E-state index contributed by atoms with van der Waals surface area (Å²) >= 11 is 0. The number of ether oxygens (including phenoxy) is 1. The number of halogens is 3. The first-order valence-corrected chi connectivity index (χ1v) is 8.34. The van der Waals surface area contributed by atoms with Crippen LogP contribution in [0.3, 0.4) is 0 Å². The molecule has 3 unspecified atom stereocenters. The summed E-state index contributed by atoms with van der Waals surface area (Å²) in [5.74, 6) is 0.0848. The molecule has 1 saturated carbocycles. The van der Waals surface area contributed by atoms with Gasteiger partial charge in [0.15, 0.2) is 6.61 Å². The Hall–Kier alpha value is -2.57. The highest BCUT2D eigenvalue weighted by molar-refractivity contribution is 5.83. The molecule has 1 aliphatic carbocycles. The van der Waals surface area contributed by atoms with Gasteiger partial charge in [-0.25, -0.2) is 4.98 Å². The average Bonchev–Trinajstić information content (AvgIpc) is 3.41. The van der Waals surface area contributed by atoms with Gasteiger partial charge in [-0.3, -0.25) is 4.79 Å². The van der Waals surface area contributed by atoms with Crippen molar-refractivity contribution in [2.75, 3.05) is 6.61 Å². The van der Waals surface area contributed by atoms with Crippen molar-refractivity contribution in [3.8, 4) is 5.88 Å². The van der Waals surface area contributed by atoms with Gasteiger partial charge in [0.1, 0.15) is 0 Å². The maximum absolute atomic E-state index is 12.4. The van der Waals surface area contributed by atoms with E-state index < -0.39 is 12.8 Å². The lowest BCUT2D eigenvalue weighted by Crippen LogP contribution is -2.28. The lowest BCUT2D eigenvalue weighted by molar-refractivity contribution is -0.154. The van der Waals surface area contributed by atoms with E-state index in [4.69, 9.17) is 0 Å². The molecule has 1 aromatic carbocycles. The van der Waals surface area contributed by atoms with E-state index in [1.165, 1.54) is 12.3 Å². The van der Waals surface area contributed by atoms with Crippen molar-refractivity contribution < 1.29 is 22.7 Å². The number of amides is 1. The Kier molecular flexibility index (Phi) is 5.15. The standard InChI is InChI=1S/C19H19F3N2O2/c1-12(14-7-8-17(23-10-14)26-11-19(20,21)22)24-18(25)16-9-15(16)13-5-3-2-4-6-13/h2-8,10,12,15-16H,9,11H2,1H3,(H,24,25). The van der Waals surface area contributed by atoms with Crippen LogP contribution in [-0.4, -0.2) is 23.7 Å². The zero-order valence-corrected chi connectivity index (χ0v) is 14.2. The van der Waals surface area contributed by atoms with Gasteiger partial charge in [-0.1, -0.05) is 36.4 Å². The maximum Gasteiger partial charge on any atom is 0.422 e. The highest BCUT2D eigenvalue weighted by Crippen LogP contribution is 2.47. The van der Waals surface area contributed by atoms with E-state index in [1.54, 1.807) is 6.07 Å². The van der Waals surface area contributed by atoms with E-state index in [-0.39, 0.29) is 29.7 Å². The topological polar surface area (TPSA) is 51.2 Å². The summed E-state index contributed by atoms with van der Waals surface area (Å²) in [6.45, 7) is 0.430. The van der Waals surface area contributed by atoms with E-state index in [1.807, 2.05) is 37.3 Å². The maximum atomic E-state index is 12.4. The van der Waals surface area contributed by atoms with Crippen molar-refractivity contribution in [3.63, 3.8) is 0 Å². The molecule has 138 valence electrons. The molecule has 0 spiro atoms. The molecule has 1 heterocycles. The van der Waals surface area contributed by atoms with Crippen LogP contribution in [0, 0.1) is 5.92 Å². The molecule has 1 aliphatic rings. The first kappa shape index (κ1) is 18.2. The van der Waals surface area contributed by atoms with Crippen molar-refractivity contribution in [2.24, 2.45) is 5.92 Å². The van der Waals surface area contributed by atoms with Crippen LogP contribution in [0.2, 0.25) is 0 Å². The van der Waals surface area contributed by atoms with Gasteiger partial charge in [-0.15, -0.1) is 0 Å². The van der Waals surface area contributed by atoms with Crippen LogP contribution in [-0.2, 0) is 4.79 Å². The van der Waals surface area contributed by atoms with Crippen LogP contribution in [0.25, 0.3) is 0 Å². The molecular formula is C19H19F3N2O2. The number of rotatable bonds is 6. The number of hydrogen-bond donors (Lipinski definition) is 1. The summed E-state index contributed by atoms with van der Waals surface area (Å²) in [7, 11) is 0. The molecule has 0 aliphatic heterocycles. The van der Waals surface area contributed by atoms with Gasteiger partial charge in [-0.05, 0) is 30.4 Å². The molecule has 4 nitrogen and oxygen atoms in total. The Balaban J connectivity index is 1.52. The molecule has 1 aromatic heterocycles. The molecule has 7 heteroatoms. The minimum absolute atomic E-state index is 0.0243. The third kappa shape index (κ3) is 4.74. The first-order valence-electron chi connectivity index (χ1n) is 8.34. The van der Waals surface area contributed by atoms with Crippen molar-refractivity contribution >= 4 is 5.91 Å². The number of nitrogens with zero attached hydrogens (tertiary/aromatic N) is 1. The molecule has 1 N–H and O–H groups in total. The van der Waals surface area contributed by atoms with Crippen LogP contribution in [0.1, 0.15) is 36.4 Å². The van der Waals surface area contributed by atoms with E-state index >= 15 is 0 Å². The summed E-state index contributed by atoms with van der Waals surface area (Å²) in [4.78, 5) is 16.2. The molecule has 1 fully saturated rings. The van der Waals surface area contributed by atoms with Crippen LogP contribution in [0.4, 0.5) is 13.2 Å². The fraction of sp³-hybridized carbons (Fsp3) is 0.368. The van der Waals surface area contributed by atoms with Crippen molar-refractivity contribution in [1.29, 1.82) is 0 Å². The Labute approximate surface area is 149 Å². The highest BCUT2D eigenvalue weighted by Gasteiger charge is 2.44. The van der Waals surface area contributed by atoms with Gasteiger partial charge in [0.25, 0.3) is 0 Å². The summed E-state index contributed by atoms with van der Waals surface area (Å²) in [5, 5.41) is 2.93. The zero-order valence-electron chi connectivity index (χ0n) is 14.2. The number of carbonyl (C=O) groups is 1. The number of alkyl halides is 3. The van der Waals surface area contributed by atoms with Crippen molar-refractivity contribution in [1.82, 2.24) is 10.3 Å². The third-order valence-electron chi connectivity index (χ3n) is 4.36.